The average Bonchev–Trinajstić information content (AvgIpc) is 2.41. The second-order valence-electron chi connectivity index (χ2n) is 4.37. The Morgan fingerprint density at radius 2 is 1.79 bits per heavy atom. The first-order valence-corrected chi connectivity index (χ1v) is 5.84. The quantitative estimate of drug-likeness (QED) is 0.912. The molecule has 2 aromatic rings. The van der Waals surface area contributed by atoms with Crippen molar-refractivity contribution in [3.63, 3.8) is 0 Å². The van der Waals surface area contributed by atoms with Gasteiger partial charge in [-0.3, -0.25) is 0 Å². The van der Waals surface area contributed by atoms with Crippen molar-refractivity contribution >= 4 is 17.1 Å². The number of halogens is 1. The van der Waals surface area contributed by atoms with Crippen LogP contribution in [0.1, 0.15) is 5.56 Å². The standard InChI is InChI=1S/C15H14FN3/c1-19(2)13-6-4-12(5-7-13)18-15-8-3-11(10-17)9-14(15)16/h3-9,18H,1-2H3. The minimum Gasteiger partial charge on any atom is -0.378 e. The van der Waals surface area contributed by atoms with E-state index >= 15 is 0 Å². The molecule has 0 amide bonds. The van der Waals surface area contributed by atoms with Crippen LogP contribution in [0.4, 0.5) is 21.5 Å². The van der Waals surface area contributed by atoms with Gasteiger partial charge in [0.1, 0.15) is 5.82 Å². The molecule has 4 heteroatoms. The van der Waals surface area contributed by atoms with Crippen LogP contribution in [-0.4, -0.2) is 14.1 Å². The number of nitrogens with zero attached hydrogens (tertiary/aromatic N) is 2. The topological polar surface area (TPSA) is 39.1 Å². The smallest absolute Gasteiger partial charge is 0.147 e. The minimum absolute atomic E-state index is 0.311. The van der Waals surface area contributed by atoms with Crippen molar-refractivity contribution in [2.75, 3.05) is 24.3 Å². The highest BCUT2D eigenvalue weighted by Gasteiger charge is 2.04. The van der Waals surface area contributed by atoms with Crippen molar-refractivity contribution in [3.05, 3.63) is 53.8 Å². The Morgan fingerprint density at radius 3 is 2.32 bits per heavy atom. The summed E-state index contributed by atoms with van der Waals surface area (Å²) in [4.78, 5) is 1.99. The highest BCUT2D eigenvalue weighted by Crippen LogP contribution is 2.22. The molecule has 0 fully saturated rings. The summed E-state index contributed by atoms with van der Waals surface area (Å²) in [6, 6.07) is 13.9. The molecule has 2 aromatic carbocycles. The fourth-order valence-corrected chi connectivity index (χ4v) is 1.68. The van der Waals surface area contributed by atoms with E-state index in [1.54, 1.807) is 12.1 Å². The normalized spacial score (nSPS) is 9.79. The Kier molecular flexibility index (Phi) is 3.67. The largest absolute Gasteiger partial charge is 0.378 e. The molecule has 0 bridgehead atoms. The molecule has 0 heterocycles. The summed E-state index contributed by atoms with van der Waals surface area (Å²) in [5.41, 5.74) is 2.54. The van der Waals surface area contributed by atoms with Gasteiger partial charge in [-0.1, -0.05) is 0 Å². The van der Waals surface area contributed by atoms with Crippen LogP contribution in [0, 0.1) is 17.1 Å². The molecule has 3 nitrogen and oxygen atoms in total. The van der Waals surface area contributed by atoms with Crippen LogP contribution in [0.5, 0.6) is 0 Å². The molecule has 19 heavy (non-hydrogen) atoms. The van der Waals surface area contributed by atoms with Crippen LogP contribution in [0.25, 0.3) is 0 Å². The Balaban J connectivity index is 2.19. The van der Waals surface area contributed by atoms with Gasteiger partial charge in [0.2, 0.25) is 0 Å². The number of nitrogens with one attached hydrogen (secondary N) is 1. The summed E-state index contributed by atoms with van der Waals surface area (Å²) >= 11 is 0. The van der Waals surface area contributed by atoms with Gasteiger partial charge in [-0.15, -0.1) is 0 Å². The van der Waals surface area contributed by atoms with E-state index in [-0.39, 0.29) is 0 Å². The molecule has 0 aliphatic heterocycles. The highest BCUT2D eigenvalue weighted by atomic mass is 19.1. The van der Waals surface area contributed by atoms with E-state index in [1.165, 1.54) is 6.07 Å². The van der Waals surface area contributed by atoms with E-state index in [0.717, 1.165) is 11.4 Å². The van der Waals surface area contributed by atoms with Crippen LogP contribution in [0.15, 0.2) is 42.5 Å². The van der Waals surface area contributed by atoms with Crippen LogP contribution < -0.4 is 10.2 Å². The number of nitriles is 1. The van der Waals surface area contributed by atoms with Gasteiger partial charge in [-0.05, 0) is 42.5 Å². The predicted octanol–water partition coefficient (Wildman–Crippen LogP) is 3.51. The van der Waals surface area contributed by atoms with Crippen molar-refractivity contribution in [3.8, 4) is 6.07 Å². The minimum atomic E-state index is -0.435. The van der Waals surface area contributed by atoms with Gasteiger partial charge < -0.3 is 10.2 Å². The molecule has 0 unspecified atom stereocenters. The van der Waals surface area contributed by atoms with Crippen molar-refractivity contribution in [1.29, 1.82) is 5.26 Å². The van der Waals surface area contributed by atoms with E-state index < -0.39 is 5.82 Å². The first-order valence-electron chi connectivity index (χ1n) is 5.84. The second kappa shape index (κ2) is 5.40. The van der Waals surface area contributed by atoms with Crippen LogP contribution in [-0.2, 0) is 0 Å². The zero-order valence-electron chi connectivity index (χ0n) is 10.8. The summed E-state index contributed by atoms with van der Waals surface area (Å²) < 4.78 is 13.7. The number of hydrogen-bond donors (Lipinski definition) is 1. The lowest BCUT2D eigenvalue weighted by Gasteiger charge is -2.13. The van der Waals surface area contributed by atoms with Gasteiger partial charge in [0, 0.05) is 25.5 Å². The van der Waals surface area contributed by atoms with Crippen molar-refractivity contribution < 1.29 is 4.39 Å². The number of anilines is 3. The monoisotopic (exact) mass is 255 g/mol. The number of rotatable bonds is 3. The second-order valence-corrected chi connectivity index (χ2v) is 4.37. The summed E-state index contributed by atoms with van der Waals surface area (Å²) in [6.07, 6.45) is 0. The van der Waals surface area contributed by atoms with Gasteiger partial charge in [0.15, 0.2) is 0 Å². The third kappa shape index (κ3) is 3.02. The van der Waals surface area contributed by atoms with Crippen molar-refractivity contribution in [2.24, 2.45) is 0 Å². The maximum absolute atomic E-state index is 13.7. The van der Waals surface area contributed by atoms with Gasteiger partial charge in [0.05, 0.1) is 17.3 Å². The molecule has 0 radical (unpaired) electrons. The molecule has 2 rings (SSSR count). The highest BCUT2D eigenvalue weighted by molar-refractivity contribution is 5.63. The Labute approximate surface area is 111 Å². The lowest BCUT2D eigenvalue weighted by molar-refractivity contribution is 0.631. The first-order chi connectivity index (χ1) is 9.10. The van der Waals surface area contributed by atoms with Gasteiger partial charge in [-0.25, -0.2) is 4.39 Å². The molecule has 0 saturated carbocycles. The van der Waals surface area contributed by atoms with Crippen LogP contribution >= 0.6 is 0 Å². The SMILES string of the molecule is CN(C)c1ccc(Nc2ccc(C#N)cc2F)cc1. The molecular formula is C15H14FN3. The zero-order valence-corrected chi connectivity index (χ0v) is 10.8. The van der Waals surface area contributed by atoms with Crippen molar-refractivity contribution in [1.82, 2.24) is 0 Å². The summed E-state index contributed by atoms with van der Waals surface area (Å²) in [5, 5.41) is 11.7. The van der Waals surface area contributed by atoms with Gasteiger partial charge in [0.25, 0.3) is 0 Å². The number of benzene rings is 2. The Bertz CT molecular complexity index is 612. The lowest BCUT2D eigenvalue weighted by Crippen LogP contribution is -2.08. The van der Waals surface area contributed by atoms with E-state index in [0.29, 0.717) is 11.3 Å². The average molecular weight is 255 g/mol. The maximum atomic E-state index is 13.7. The zero-order chi connectivity index (χ0) is 13.8. The summed E-state index contributed by atoms with van der Waals surface area (Å²) in [5.74, 6) is -0.435. The maximum Gasteiger partial charge on any atom is 0.147 e. The molecule has 96 valence electrons. The third-order valence-electron chi connectivity index (χ3n) is 2.76. The molecule has 0 spiro atoms. The first kappa shape index (κ1) is 12.9. The van der Waals surface area contributed by atoms with Crippen molar-refractivity contribution in [2.45, 2.75) is 0 Å². The van der Waals surface area contributed by atoms with E-state index in [1.807, 2.05) is 49.3 Å². The van der Waals surface area contributed by atoms with E-state index in [2.05, 4.69) is 5.32 Å². The Hall–Kier alpha value is -2.54. The van der Waals surface area contributed by atoms with Crippen LogP contribution in [0.3, 0.4) is 0 Å². The fraction of sp³-hybridized carbons (Fsp3) is 0.133. The summed E-state index contributed by atoms with van der Waals surface area (Å²) in [7, 11) is 3.92. The van der Waals surface area contributed by atoms with E-state index in [4.69, 9.17) is 5.26 Å². The van der Waals surface area contributed by atoms with Gasteiger partial charge in [-0.2, -0.15) is 5.26 Å². The third-order valence-corrected chi connectivity index (χ3v) is 2.76. The van der Waals surface area contributed by atoms with E-state index in [9.17, 15) is 4.39 Å². The Morgan fingerprint density at radius 1 is 1.11 bits per heavy atom. The fourth-order valence-electron chi connectivity index (χ4n) is 1.68. The molecular weight excluding hydrogens is 241 g/mol. The molecule has 0 aliphatic rings. The molecule has 0 aliphatic carbocycles. The van der Waals surface area contributed by atoms with Crippen LogP contribution in [0.2, 0.25) is 0 Å². The molecule has 0 aromatic heterocycles. The number of hydrogen-bond acceptors (Lipinski definition) is 3. The molecule has 0 atom stereocenters. The molecule has 0 saturated heterocycles. The molecule has 1 N–H and O–H groups in total. The lowest BCUT2D eigenvalue weighted by atomic mass is 10.2. The van der Waals surface area contributed by atoms with Gasteiger partial charge >= 0.3 is 0 Å². The summed E-state index contributed by atoms with van der Waals surface area (Å²) in [6.45, 7) is 0. The predicted molar refractivity (Wildman–Crippen MR) is 75.2 cm³/mol.